The van der Waals surface area contributed by atoms with Gasteiger partial charge in [-0.1, -0.05) is 25.0 Å². The highest BCUT2D eigenvalue weighted by atomic mass is 19.3. The Bertz CT molecular complexity index is 716. The number of halogens is 2. The number of benzene rings is 1. The van der Waals surface area contributed by atoms with E-state index in [1.165, 1.54) is 37.3 Å². The van der Waals surface area contributed by atoms with Crippen molar-refractivity contribution in [1.82, 2.24) is 10.6 Å². The lowest BCUT2D eigenvalue weighted by molar-refractivity contribution is -0.149. The second-order valence-corrected chi connectivity index (χ2v) is 6.30. The van der Waals surface area contributed by atoms with Crippen molar-refractivity contribution < 1.29 is 32.6 Å². The van der Waals surface area contributed by atoms with Crippen LogP contribution in [0.2, 0.25) is 0 Å². The first-order chi connectivity index (χ1) is 13.3. The Morgan fingerprint density at radius 1 is 1.14 bits per heavy atom. The summed E-state index contributed by atoms with van der Waals surface area (Å²) in [7, 11) is 0. The van der Waals surface area contributed by atoms with Gasteiger partial charge in [0, 0.05) is 12.1 Å². The van der Waals surface area contributed by atoms with Crippen LogP contribution in [0.15, 0.2) is 30.3 Å². The molecule has 1 aliphatic carbocycles. The predicted octanol–water partition coefficient (Wildman–Crippen LogP) is 3.00. The Balaban J connectivity index is 1.76. The lowest BCUT2D eigenvalue weighted by atomic mass is 10.2. The van der Waals surface area contributed by atoms with Crippen molar-refractivity contribution in [3.63, 3.8) is 0 Å². The Hall–Kier alpha value is -2.97. The Morgan fingerprint density at radius 2 is 1.79 bits per heavy atom. The van der Waals surface area contributed by atoms with E-state index in [0.717, 1.165) is 31.8 Å². The standard InChI is InChI=1S/C19H22F2N2O5/c1-12(17(25)23-19(26)22-14-4-2-3-5-14)27-16(24)11-8-13-6-9-15(10-7-13)28-18(20)21/h6-12,14,18H,2-5H2,1H3,(H2,22,23,25,26)/b11-8+/t12-/m1/s1. The zero-order valence-corrected chi connectivity index (χ0v) is 15.3. The summed E-state index contributed by atoms with van der Waals surface area (Å²) in [6.45, 7) is -1.57. The average Bonchev–Trinajstić information content (AvgIpc) is 3.13. The number of nitrogens with one attached hydrogen (secondary N) is 2. The summed E-state index contributed by atoms with van der Waals surface area (Å²) in [6, 6.07) is 5.06. The molecule has 28 heavy (non-hydrogen) atoms. The third-order valence-corrected chi connectivity index (χ3v) is 4.11. The molecule has 9 heteroatoms. The van der Waals surface area contributed by atoms with Gasteiger partial charge in [-0.05, 0) is 43.5 Å². The number of esters is 1. The summed E-state index contributed by atoms with van der Waals surface area (Å²) in [4.78, 5) is 35.5. The molecule has 1 fully saturated rings. The normalized spacial score (nSPS) is 15.4. The molecule has 0 aliphatic heterocycles. The van der Waals surface area contributed by atoms with Gasteiger partial charge in [-0.3, -0.25) is 10.1 Å². The molecule has 0 unspecified atom stereocenters. The molecular formula is C19H22F2N2O5. The van der Waals surface area contributed by atoms with Crippen molar-refractivity contribution in [2.75, 3.05) is 0 Å². The topological polar surface area (TPSA) is 93.7 Å². The van der Waals surface area contributed by atoms with Gasteiger partial charge in [0.15, 0.2) is 6.10 Å². The number of imide groups is 1. The molecular weight excluding hydrogens is 374 g/mol. The number of urea groups is 1. The minimum atomic E-state index is -2.91. The van der Waals surface area contributed by atoms with Crippen molar-refractivity contribution in [1.29, 1.82) is 0 Å². The Labute approximate surface area is 161 Å². The van der Waals surface area contributed by atoms with Gasteiger partial charge in [-0.2, -0.15) is 8.78 Å². The lowest BCUT2D eigenvalue weighted by Gasteiger charge is -2.15. The van der Waals surface area contributed by atoms with E-state index in [2.05, 4.69) is 15.4 Å². The van der Waals surface area contributed by atoms with Crippen LogP contribution in [0.1, 0.15) is 38.2 Å². The molecule has 152 valence electrons. The second kappa shape index (κ2) is 10.4. The molecule has 1 saturated carbocycles. The zero-order valence-electron chi connectivity index (χ0n) is 15.3. The fourth-order valence-corrected chi connectivity index (χ4v) is 2.70. The monoisotopic (exact) mass is 396 g/mol. The van der Waals surface area contributed by atoms with Gasteiger partial charge in [0.2, 0.25) is 0 Å². The maximum absolute atomic E-state index is 12.1. The van der Waals surface area contributed by atoms with E-state index < -0.39 is 30.6 Å². The quantitative estimate of drug-likeness (QED) is 0.546. The highest BCUT2D eigenvalue weighted by Gasteiger charge is 2.22. The number of rotatable bonds is 7. The molecule has 2 rings (SSSR count). The summed E-state index contributed by atoms with van der Waals surface area (Å²) < 4.78 is 33.3. The molecule has 7 nitrogen and oxygen atoms in total. The summed E-state index contributed by atoms with van der Waals surface area (Å²) in [5.41, 5.74) is 0.548. The van der Waals surface area contributed by atoms with E-state index >= 15 is 0 Å². The van der Waals surface area contributed by atoms with E-state index in [4.69, 9.17) is 4.74 Å². The van der Waals surface area contributed by atoms with Gasteiger partial charge in [-0.25, -0.2) is 9.59 Å². The largest absolute Gasteiger partial charge is 0.449 e. The van der Waals surface area contributed by atoms with Crippen LogP contribution >= 0.6 is 0 Å². The van der Waals surface area contributed by atoms with Crippen LogP contribution in [0.4, 0.5) is 13.6 Å². The average molecular weight is 396 g/mol. The van der Waals surface area contributed by atoms with Crippen molar-refractivity contribution in [3.8, 4) is 5.75 Å². The number of hydrogen-bond donors (Lipinski definition) is 2. The van der Waals surface area contributed by atoms with Crippen LogP contribution in [0.5, 0.6) is 5.75 Å². The van der Waals surface area contributed by atoms with Crippen molar-refractivity contribution in [3.05, 3.63) is 35.9 Å². The first-order valence-corrected chi connectivity index (χ1v) is 8.88. The maximum Gasteiger partial charge on any atom is 0.387 e. The van der Waals surface area contributed by atoms with E-state index in [-0.39, 0.29) is 11.8 Å². The molecule has 1 aliphatic rings. The van der Waals surface area contributed by atoms with Crippen LogP contribution in [-0.2, 0) is 14.3 Å². The van der Waals surface area contributed by atoms with E-state index in [1.807, 2.05) is 0 Å². The summed E-state index contributed by atoms with van der Waals surface area (Å²) >= 11 is 0. The minimum Gasteiger partial charge on any atom is -0.449 e. The molecule has 0 aromatic heterocycles. The number of hydrogen-bond acceptors (Lipinski definition) is 5. The van der Waals surface area contributed by atoms with Crippen molar-refractivity contribution >= 4 is 24.0 Å². The lowest BCUT2D eigenvalue weighted by Crippen LogP contribution is -2.47. The molecule has 1 atom stereocenters. The molecule has 1 aromatic rings. The van der Waals surface area contributed by atoms with E-state index in [9.17, 15) is 23.2 Å². The number of amides is 3. The molecule has 1 aromatic carbocycles. The van der Waals surface area contributed by atoms with Crippen LogP contribution in [0, 0.1) is 0 Å². The van der Waals surface area contributed by atoms with Gasteiger partial charge in [-0.15, -0.1) is 0 Å². The van der Waals surface area contributed by atoms with Crippen LogP contribution in [0.25, 0.3) is 6.08 Å². The van der Waals surface area contributed by atoms with Crippen LogP contribution in [0.3, 0.4) is 0 Å². The van der Waals surface area contributed by atoms with Crippen molar-refractivity contribution in [2.24, 2.45) is 0 Å². The van der Waals surface area contributed by atoms with Gasteiger partial charge >= 0.3 is 18.6 Å². The predicted molar refractivity (Wildman–Crippen MR) is 96.6 cm³/mol. The van der Waals surface area contributed by atoms with Gasteiger partial charge in [0.1, 0.15) is 5.75 Å². The molecule has 2 N–H and O–H groups in total. The highest BCUT2D eigenvalue weighted by Crippen LogP contribution is 2.17. The first-order valence-electron chi connectivity index (χ1n) is 8.88. The third kappa shape index (κ3) is 7.34. The van der Waals surface area contributed by atoms with Crippen LogP contribution < -0.4 is 15.4 Å². The van der Waals surface area contributed by atoms with Gasteiger partial charge in [0.25, 0.3) is 5.91 Å². The van der Waals surface area contributed by atoms with Crippen LogP contribution in [-0.4, -0.2) is 36.7 Å². The fraction of sp³-hybridized carbons (Fsp3) is 0.421. The third-order valence-electron chi connectivity index (χ3n) is 4.11. The summed E-state index contributed by atoms with van der Waals surface area (Å²) in [5, 5.41) is 4.84. The molecule has 0 saturated heterocycles. The van der Waals surface area contributed by atoms with E-state index in [0.29, 0.717) is 5.56 Å². The molecule has 3 amide bonds. The first kappa shape index (κ1) is 21.3. The number of alkyl halides is 2. The smallest absolute Gasteiger partial charge is 0.387 e. The maximum atomic E-state index is 12.1. The van der Waals surface area contributed by atoms with Gasteiger partial charge in [0.05, 0.1) is 0 Å². The number of carbonyl (C=O) groups is 3. The zero-order chi connectivity index (χ0) is 20.5. The molecule has 0 bridgehead atoms. The number of ether oxygens (including phenoxy) is 2. The SMILES string of the molecule is C[C@@H](OC(=O)/C=C/c1ccc(OC(F)F)cc1)C(=O)NC(=O)NC1CCCC1. The second-order valence-electron chi connectivity index (χ2n) is 6.30. The number of carbonyl (C=O) groups excluding carboxylic acids is 3. The van der Waals surface area contributed by atoms with Crippen molar-refractivity contribution in [2.45, 2.75) is 51.4 Å². The van der Waals surface area contributed by atoms with E-state index in [1.54, 1.807) is 0 Å². The Morgan fingerprint density at radius 3 is 2.39 bits per heavy atom. The fourth-order valence-electron chi connectivity index (χ4n) is 2.70. The summed E-state index contributed by atoms with van der Waals surface area (Å²) in [5.74, 6) is -1.52. The minimum absolute atomic E-state index is 0.00380. The molecule has 0 spiro atoms. The van der Waals surface area contributed by atoms with Gasteiger partial charge < -0.3 is 14.8 Å². The summed E-state index contributed by atoms with van der Waals surface area (Å²) in [6.07, 6.45) is 5.17. The highest BCUT2D eigenvalue weighted by molar-refractivity contribution is 5.98. The Kier molecular flexibility index (Phi) is 7.91. The molecule has 0 radical (unpaired) electrons. The molecule has 0 heterocycles.